The number of hydrogen-bond acceptors (Lipinski definition) is 6. The number of aromatic nitrogens is 2. The molecule has 2 aliphatic rings. The van der Waals surface area contributed by atoms with Gasteiger partial charge in [0, 0.05) is 12.7 Å². The highest BCUT2D eigenvalue weighted by Gasteiger charge is 2.40. The molecule has 0 radical (unpaired) electrons. The van der Waals surface area contributed by atoms with E-state index in [9.17, 15) is 0 Å². The number of nitrogens with zero attached hydrogens (tertiary/aromatic N) is 2. The fourth-order valence-corrected chi connectivity index (χ4v) is 2.40. The number of nitrogens with two attached hydrogens (primary N) is 2. The molecule has 6 nitrogen and oxygen atoms in total. The van der Waals surface area contributed by atoms with Crippen LogP contribution in [0.4, 0.5) is 17.6 Å². The maximum Gasteiger partial charge on any atom is 0.223 e. The van der Waals surface area contributed by atoms with Gasteiger partial charge in [0.1, 0.15) is 11.6 Å². The molecule has 0 spiro atoms. The predicted molar refractivity (Wildman–Crippen MR) is 65.3 cm³/mol. The van der Waals surface area contributed by atoms with Crippen LogP contribution in [-0.2, 0) is 4.74 Å². The van der Waals surface area contributed by atoms with Crippen molar-refractivity contribution in [2.24, 2.45) is 5.92 Å². The van der Waals surface area contributed by atoms with E-state index >= 15 is 0 Å². The highest BCUT2D eigenvalue weighted by molar-refractivity contribution is 5.49. The maximum atomic E-state index is 5.75. The minimum Gasteiger partial charge on any atom is -0.383 e. The third-order valence-electron chi connectivity index (χ3n) is 3.32. The molecule has 1 aliphatic carbocycles. The van der Waals surface area contributed by atoms with Crippen LogP contribution < -0.4 is 16.8 Å². The van der Waals surface area contributed by atoms with Crippen molar-refractivity contribution in [3.63, 3.8) is 0 Å². The highest BCUT2D eigenvalue weighted by atomic mass is 16.5. The number of anilines is 3. The van der Waals surface area contributed by atoms with Gasteiger partial charge in [-0.3, -0.25) is 0 Å². The summed E-state index contributed by atoms with van der Waals surface area (Å²) < 4.78 is 5.75. The van der Waals surface area contributed by atoms with E-state index in [0.717, 1.165) is 13.0 Å². The van der Waals surface area contributed by atoms with Crippen LogP contribution in [0.1, 0.15) is 19.3 Å². The molecule has 6 heteroatoms. The normalized spacial score (nSPS) is 28.2. The van der Waals surface area contributed by atoms with Crippen molar-refractivity contribution in [1.82, 2.24) is 9.97 Å². The van der Waals surface area contributed by atoms with Crippen molar-refractivity contribution in [1.29, 1.82) is 0 Å². The van der Waals surface area contributed by atoms with Crippen molar-refractivity contribution in [3.8, 4) is 0 Å². The van der Waals surface area contributed by atoms with Gasteiger partial charge < -0.3 is 21.5 Å². The lowest BCUT2D eigenvalue weighted by Crippen LogP contribution is -2.31. The van der Waals surface area contributed by atoms with E-state index in [1.165, 1.54) is 12.8 Å². The molecule has 2 unspecified atom stereocenters. The average Bonchev–Trinajstić information content (AvgIpc) is 2.99. The van der Waals surface area contributed by atoms with Crippen molar-refractivity contribution >= 4 is 17.6 Å². The standard InChI is InChI=1S/C11H17N5O/c12-8-5-9(16-11(13)15-8)14-7-3-4-17-10(7)6-1-2-6/h5-7,10H,1-4H2,(H5,12,13,14,15,16). The van der Waals surface area contributed by atoms with Crippen molar-refractivity contribution in [3.05, 3.63) is 6.07 Å². The number of nitrogen functional groups attached to an aromatic ring is 2. The van der Waals surface area contributed by atoms with Gasteiger partial charge in [0.15, 0.2) is 0 Å². The number of rotatable bonds is 3. The first kappa shape index (κ1) is 10.6. The maximum absolute atomic E-state index is 5.75. The third-order valence-corrected chi connectivity index (χ3v) is 3.32. The molecule has 2 fully saturated rings. The Morgan fingerprint density at radius 1 is 1.24 bits per heavy atom. The largest absolute Gasteiger partial charge is 0.383 e. The Kier molecular flexibility index (Phi) is 2.51. The lowest BCUT2D eigenvalue weighted by atomic mass is 10.1. The summed E-state index contributed by atoms with van der Waals surface area (Å²) in [5, 5.41) is 3.36. The summed E-state index contributed by atoms with van der Waals surface area (Å²) in [4.78, 5) is 7.98. The van der Waals surface area contributed by atoms with Gasteiger partial charge in [-0.25, -0.2) is 0 Å². The first-order valence-electron chi connectivity index (χ1n) is 6.00. The monoisotopic (exact) mass is 235 g/mol. The lowest BCUT2D eigenvalue weighted by molar-refractivity contribution is 0.0898. The van der Waals surface area contributed by atoms with Crippen molar-refractivity contribution in [2.45, 2.75) is 31.4 Å². The summed E-state index contributed by atoms with van der Waals surface area (Å²) in [6.45, 7) is 0.814. The van der Waals surface area contributed by atoms with Crippen LogP contribution in [0, 0.1) is 5.92 Å². The first-order valence-corrected chi connectivity index (χ1v) is 6.00. The summed E-state index contributed by atoms with van der Waals surface area (Å²) in [6, 6.07) is 2.02. The fourth-order valence-electron chi connectivity index (χ4n) is 2.40. The van der Waals surface area contributed by atoms with Crippen molar-refractivity contribution in [2.75, 3.05) is 23.4 Å². The molecule has 1 aromatic rings. The molecular formula is C11H17N5O. The number of ether oxygens (including phenoxy) is 1. The van der Waals surface area contributed by atoms with E-state index in [2.05, 4.69) is 15.3 Å². The molecule has 1 saturated heterocycles. The Morgan fingerprint density at radius 2 is 2.06 bits per heavy atom. The van der Waals surface area contributed by atoms with Gasteiger partial charge in [-0.1, -0.05) is 0 Å². The number of hydrogen-bond donors (Lipinski definition) is 3. The van der Waals surface area contributed by atoms with Crippen LogP contribution in [-0.4, -0.2) is 28.7 Å². The van der Waals surface area contributed by atoms with Gasteiger partial charge >= 0.3 is 0 Å². The SMILES string of the molecule is Nc1cc(NC2CCOC2C2CC2)nc(N)n1. The molecule has 1 aromatic heterocycles. The van der Waals surface area contributed by atoms with E-state index in [1.54, 1.807) is 6.07 Å². The second kappa shape index (κ2) is 4.03. The molecule has 2 atom stereocenters. The Balaban J connectivity index is 1.72. The van der Waals surface area contributed by atoms with Crippen LogP contribution in [0.15, 0.2) is 6.07 Å². The van der Waals surface area contributed by atoms with Crippen LogP contribution in [0.3, 0.4) is 0 Å². The van der Waals surface area contributed by atoms with Gasteiger partial charge in [0.05, 0.1) is 12.1 Å². The molecule has 1 saturated carbocycles. The summed E-state index contributed by atoms with van der Waals surface area (Å²) in [5.41, 5.74) is 11.2. The topological polar surface area (TPSA) is 99.1 Å². The zero-order valence-electron chi connectivity index (χ0n) is 9.60. The smallest absolute Gasteiger partial charge is 0.223 e. The fraction of sp³-hybridized carbons (Fsp3) is 0.636. The molecule has 17 heavy (non-hydrogen) atoms. The van der Waals surface area contributed by atoms with Crippen LogP contribution in [0.5, 0.6) is 0 Å². The zero-order valence-corrected chi connectivity index (χ0v) is 9.60. The van der Waals surface area contributed by atoms with E-state index in [1.807, 2.05) is 0 Å². The van der Waals surface area contributed by atoms with Crippen molar-refractivity contribution < 1.29 is 4.74 Å². The van der Waals surface area contributed by atoms with E-state index in [4.69, 9.17) is 16.2 Å². The molecule has 1 aliphatic heterocycles. The second-order valence-electron chi connectivity index (χ2n) is 4.75. The van der Waals surface area contributed by atoms with E-state index < -0.39 is 0 Å². The molecule has 2 heterocycles. The Morgan fingerprint density at radius 3 is 2.76 bits per heavy atom. The number of nitrogens with one attached hydrogen (secondary N) is 1. The van der Waals surface area contributed by atoms with Gasteiger partial charge in [-0.05, 0) is 25.2 Å². The summed E-state index contributed by atoms with van der Waals surface area (Å²) >= 11 is 0. The molecule has 3 rings (SSSR count). The molecule has 0 bridgehead atoms. The van der Waals surface area contributed by atoms with Gasteiger partial charge in [0.25, 0.3) is 0 Å². The molecular weight excluding hydrogens is 218 g/mol. The lowest BCUT2D eigenvalue weighted by Gasteiger charge is -2.20. The van der Waals surface area contributed by atoms with Gasteiger partial charge in [-0.15, -0.1) is 0 Å². The van der Waals surface area contributed by atoms with E-state index in [0.29, 0.717) is 29.7 Å². The molecule has 5 N–H and O–H groups in total. The highest BCUT2D eigenvalue weighted by Crippen LogP contribution is 2.39. The summed E-state index contributed by atoms with van der Waals surface area (Å²) in [6.07, 6.45) is 3.87. The van der Waals surface area contributed by atoms with E-state index in [-0.39, 0.29) is 5.95 Å². The second-order valence-corrected chi connectivity index (χ2v) is 4.75. The first-order chi connectivity index (χ1) is 8.22. The van der Waals surface area contributed by atoms with Crippen LogP contribution in [0.2, 0.25) is 0 Å². The summed E-state index contributed by atoms with van der Waals surface area (Å²) in [5.74, 6) is 2.00. The zero-order chi connectivity index (χ0) is 11.8. The Hall–Kier alpha value is -1.56. The molecule has 0 amide bonds. The Labute approximate surface area is 99.8 Å². The average molecular weight is 235 g/mol. The van der Waals surface area contributed by atoms with Crippen LogP contribution >= 0.6 is 0 Å². The van der Waals surface area contributed by atoms with Gasteiger partial charge in [-0.2, -0.15) is 9.97 Å². The molecule has 0 aromatic carbocycles. The summed E-state index contributed by atoms with van der Waals surface area (Å²) in [7, 11) is 0. The van der Waals surface area contributed by atoms with Gasteiger partial charge in [0.2, 0.25) is 5.95 Å². The molecule has 92 valence electrons. The Bertz CT molecular complexity index is 400. The third kappa shape index (κ3) is 2.26. The quantitative estimate of drug-likeness (QED) is 0.710. The minimum atomic E-state index is 0.203. The van der Waals surface area contributed by atoms with Crippen LogP contribution in [0.25, 0.3) is 0 Å². The minimum absolute atomic E-state index is 0.203. The predicted octanol–water partition coefficient (Wildman–Crippen LogP) is 0.620.